The van der Waals surface area contributed by atoms with E-state index in [2.05, 4.69) is 16.0 Å². The maximum absolute atomic E-state index is 13.7. The first-order chi connectivity index (χ1) is 19.8. The molecule has 0 aromatic heterocycles. The van der Waals surface area contributed by atoms with Crippen molar-refractivity contribution in [2.45, 2.75) is 26.1 Å². The molecule has 210 valence electrons. The molecule has 0 aliphatic carbocycles. The average molecular weight is 552 g/mol. The smallest absolute Gasteiger partial charge is 0.247 e. The molecule has 0 aliphatic heterocycles. The van der Waals surface area contributed by atoms with Crippen molar-refractivity contribution in [1.29, 1.82) is 5.41 Å². The molecule has 0 aliphatic rings. The van der Waals surface area contributed by atoms with Crippen molar-refractivity contribution in [3.8, 4) is 11.5 Å². The highest BCUT2D eigenvalue weighted by Crippen LogP contribution is 2.38. The summed E-state index contributed by atoms with van der Waals surface area (Å²) >= 11 is 0. The second-order valence-electron chi connectivity index (χ2n) is 9.32. The van der Waals surface area contributed by atoms with Gasteiger partial charge in [0.25, 0.3) is 0 Å². The molecule has 0 spiro atoms. The molecule has 0 bridgehead atoms. The van der Waals surface area contributed by atoms with E-state index >= 15 is 0 Å². The SMILES string of the molecule is COc1cc(C(Nc2ccc(C(=N)N)cc2)C(=O)NCc2ccccc2)c(NC(C)=O)cc1OCc1ccccc1. The third kappa shape index (κ3) is 7.86. The zero-order valence-corrected chi connectivity index (χ0v) is 22.9. The van der Waals surface area contributed by atoms with Crippen LogP contribution in [0.15, 0.2) is 97.1 Å². The van der Waals surface area contributed by atoms with Crippen LogP contribution in [0, 0.1) is 5.41 Å². The van der Waals surface area contributed by atoms with Gasteiger partial charge in [0.15, 0.2) is 11.5 Å². The van der Waals surface area contributed by atoms with Crippen molar-refractivity contribution in [3.63, 3.8) is 0 Å². The number of nitrogens with one attached hydrogen (secondary N) is 4. The number of amidine groups is 1. The number of rotatable bonds is 12. The van der Waals surface area contributed by atoms with Gasteiger partial charge in [-0.05, 0) is 41.5 Å². The van der Waals surface area contributed by atoms with Gasteiger partial charge in [-0.3, -0.25) is 15.0 Å². The van der Waals surface area contributed by atoms with E-state index in [4.69, 9.17) is 20.6 Å². The summed E-state index contributed by atoms with van der Waals surface area (Å²) in [7, 11) is 1.52. The number of amides is 2. The molecule has 0 fully saturated rings. The number of hydrogen-bond acceptors (Lipinski definition) is 6. The summed E-state index contributed by atoms with van der Waals surface area (Å²) in [4.78, 5) is 26.0. The fraction of sp³-hybridized carbons (Fsp3) is 0.156. The summed E-state index contributed by atoms with van der Waals surface area (Å²) in [5, 5.41) is 16.8. The Morgan fingerprint density at radius 2 is 1.51 bits per heavy atom. The normalized spacial score (nSPS) is 11.2. The lowest BCUT2D eigenvalue weighted by Gasteiger charge is -2.24. The van der Waals surface area contributed by atoms with Crippen LogP contribution in [-0.2, 0) is 22.7 Å². The number of methoxy groups -OCH3 is 1. The number of nitrogens with two attached hydrogens (primary N) is 1. The number of anilines is 2. The molecule has 9 nitrogen and oxygen atoms in total. The van der Waals surface area contributed by atoms with Crippen LogP contribution in [0.2, 0.25) is 0 Å². The van der Waals surface area contributed by atoms with Crippen molar-refractivity contribution in [2.75, 3.05) is 17.7 Å². The van der Waals surface area contributed by atoms with E-state index in [0.29, 0.717) is 40.5 Å². The predicted octanol–water partition coefficient (Wildman–Crippen LogP) is 4.99. The second kappa shape index (κ2) is 13.7. The molecule has 4 aromatic rings. The molecule has 9 heteroatoms. The fourth-order valence-electron chi connectivity index (χ4n) is 4.20. The highest BCUT2D eigenvalue weighted by Gasteiger charge is 2.26. The molecular weight excluding hydrogens is 518 g/mol. The Hall–Kier alpha value is -5.31. The van der Waals surface area contributed by atoms with E-state index < -0.39 is 6.04 Å². The number of ether oxygens (including phenoxy) is 2. The van der Waals surface area contributed by atoms with Crippen LogP contribution < -0.4 is 31.2 Å². The lowest BCUT2D eigenvalue weighted by Crippen LogP contribution is -2.34. The summed E-state index contributed by atoms with van der Waals surface area (Å²) in [6.45, 7) is 2.00. The van der Waals surface area contributed by atoms with Gasteiger partial charge in [0.1, 0.15) is 18.5 Å². The van der Waals surface area contributed by atoms with Crippen molar-refractivity contribution >= 4 is 29.0 Å². The van der Waals surface area contributed by atoms with Gasteiger partial charge in [0.05, 0.1) is 12.8 Å². The van der Waals surface area contributed by atoms with Crippen molar-refractivity contribution in [3.05, 3.63) is 119 Å². The number of nitrogen functional groups attached to an aromatic ring is 1. The molecular formula is C32H33N5O4. The van der Waals surface area contributed by atoms with Gasteiger partial charge < -0.3 is 31.2 Å². The second-order valence-corrected chi connectivity index (χ2v) is 9.32. The van der Waals surface area contributed by atoms with E-state index in [1.165, 1.54) is 14.0 Å². The van der Waals surface area contributed by atoms with Crippen molar-refractivity contribution < 1.29 is 19.1 Å². The van der Waals surface area contributed by atoms with E-state index in [9.17, 15) is 9.59 Å². The molecule has 4 aromatic carbocycles. The zero-order chi connectivity index (χ0) is 29.2. The molecule has 1 unspecified atom stereocenters. The van der Waals surface area contributed by atoms with Gasteiger partial charge in [-0.1, -0.05) is 60.7 Å². The molecule has 0 heterocycles. The summed E-state index contributed by atoms with van der Waals surface area (Å²) in [6.07, 6.45) is 0. The Morgan fingerprint density at radius 1 is 0.878 bits per heavy atom. The van der Waals surface area contributed by atoms with E-state index in [1.807, 2.05) is 60.7 Å². The van der Waals surface area contributed by atoms with Crippen LogP contribution in [0.1, 0.15) is 35.2 Å². The van der Waals surface area contributed by atoms with Crippen LogP contribution in [0.25, 0.3) is 0 Å². The lowest BCUT2D eigenvalue weighted by molar-refractivity contribution is -0.122. The average Bonchev–Trinajstić information content (AvgIpc) is 2.98. The Labute approximate surface area is 239 Å². The molecule has 6 N–H and O–H groups in total. The minimum Gasteiger partial charge on any atom is -0.493 e. The van der Waals surface area contributed by atoms with E-state index in [1.54, 1.807) is 36.4 Å². The third-order valence-corrected chi connectivity index (χ3v) is 6.27. The Kier molecular flexibility index (Phi) is 9.56. The van der Waals surface area contributed by atoms with Crippen LogP contribution in [-0.4, -0.2) is 24.8 Å². The minimum atomic E-state index is -0.930. The maximum Gasteiger partial charge on any atom is 0.247 e. The predicted molar refractivity (Wildman–Crippen MR) is 160 cm³/mol. The maximum atomic E-state index is 13.7. The Morgan fingerprint density at radius 3 is 2.10 bits per heavy atom. The minimum absolute atomic E-state index is 0.0579. The van der Waals surface area contributed by atoms with Crippen LogP contribution in [0.5, 0.6) is 11.5 Å². The molecule has 0 radical (unpaired) electrons. The number of carbonyl (C=O) groups excluding carboxylic acids is 2. The van der Waals surface area contributed by atoms with Crippen molar-refractivity contribution in [2.24, 2.45) is 5.73 Å². The summed E-state index contributed by atoms with van der Waals surface area (Å²) < 4.78 is 11.7. The summed E-state index contributed by atoms with van der Waals surface area (Å²) in [6, 6.07) is 28.5. The van der Waals surface area contributed by atoms with Gasteiger partial charge in [0, 0.05) is 36.3 Å². The van der Waals surface area contributed by atoms with E-state index in [0.717, 1.165) is 11.1 Å². The summed E-state index contributed by atoms with van der Waals surface area (Å²) in [5.74, 6) is 0.131. The molecule has 0 saturated heterocycles. The van der Waals surface area contributed by atoms with Crippen LogP contribution in [0.3, 0.4) is 0 Å². The highest BCUT2D eigenvalue weighted by atomic mass is 16.5. The number of benzene rings is 4. The van der Waals surface area contributed by atoms with Crippen LogP contribution in [0.4, 0.5) is 11.4 Å². The fourth-order valence-corrected chi connectivity index (χ4v) is 4.20. The third-order valence-electron chi connectivity index (χ3n) is 6.27. The standard InChI is InChI=1S/C32H33N5O4/c1-21(38)36-27-18-29(41-20-23-11-7-4-8-12-23)28(40-2)17-26(27)30(32(39)35-19-22-9-5-3-6-10-22)37-25-15-13-24(14-16-25)31(33)34/h3-18,30,37H,19-20H2,1-2H3,(H3,33,34)(H,35,39)(H,36,38). The Balaban J connectivity index is 1.71. The van der Waals surface area contributed by atoms with E-state index in [-0.39, 0.29) is 24.3 Å². The first kappa shape index (κ1) is 28.7. The molecule has 4 rings (SSSR count). The van der Waals surface area contributed by atoms with Gasteiger partial charge in [-0.25, -0.2) is 0 Å². The van der Waals surface area contributed by atoms with Gasteiger partial charge in [0.2, 0.25) is 11.8 Å². The van der Waals surface area contributed by atoms with Gasteiger partial charge in [-0.2, -0.15) is 0 Å². The van der Waals surface area contributed by atoms with Crippen molar-refractivity contribution in [1.82, 2.24) is 5.32 Å². The molecule has 1 atom stereocenters. The molecule has 2 amide bonds. The monoisotopic (exact) mass is 551 g/mol. The first-order valence-corrected chi connectivity index (χ1v) is 13.0. The Bertz CT molecular complexity index is 1490. The quantitative estimate of drug-likeness (QED) is 0.124. The molecule has 41 heavy (non-hydrogen) atoms. The van der Waals surface area contributed by atoms with Crippen LogP contribution >= 0.6 is 0 Å². The number of hydrogen-bond donors (Lipinski definition) is 5. The zero-order valence-electron chi connectivity index (χ0n) is 22.9. The topological polar surface area (TPSA) is 139 Å². The largest absolute Gasteiger partial charge is 0.493 e. The highest BCUT2D eigenvalue weighted by molar-refractivity contribution is 5.96. The molecule has 0 saturated carbocycles. The summed E-state index contributed by atoms with van der Waals surface area (Å²) in [5.41, 5.74) is 9.56. The first-order valence-electron chi connectivity index (χ1n) is 13.0. The van der Waals surface area contributed by atoms with Gasteiger partial charge >= 0.3 is 0 Å². The lowest BCUT2D eigenvalue weighted by atomic mass is 10.0. The van der Waals surface area contributed by atoms with Gasteiger partial charge in [-0.15, -0.1) is 0 Å². The number of carbonyl (C=O) groups is 2.